The van der Waals surface area contributed by atoms with Crippen LogP contribution in [-0.2, 0) is 0 Å². The Morgan fingerprint density at radius 1 is 1.05 bits per heavy atom. The summed E-state index contributed by atoms with van der Waals surface area (Å²) in [5.41, 5.74) is 2.53. The van der Waals surface area contributed by atoms with Gasteiger partial charge in [0.05, 0.1) is 6.04 Å². The van der Waals surface area contributed by atoms with Crippen molar-refractivity contribution in [2.75, 3.05) is 11.1 Å². The molecule has 0 bridgehead atoms. The van der Waals surface area contributed by atoms with E-state index < -0.39 is 0 Å². The van der Waals surface area contributed by atoms with Crippen LogP contribution in [0.3, 0.4) is 0 Å². The number of thioether (sulfide) groups is 1. The largest absolute Gasteiger partial charge is 0.377 e. The van der Waals surface area contributed by atoms with E-state index in [0.29, 0.717) is 12.0 Å². The van der Waals surface area contributed by atoms with E-state index >= 15 is 0 Å². The predicted molar refractivity (Wildman–Crippen MR) is 95.0 cm³/mol. The van der Waals surface area contributed by atoms with E-state index in [1.807, 2.05) is 17.8 Å². The van der Waals surface area contributed by atoms with E-state index in [9.17, 15) is 0 Å². The molecule has 0 radical (unpaired) electrons. The van der Waals surface area contributed by atoms with Crippen LogP contribution >= 0.6 is 11.8 Å². The molecule has 1 unspecified atom stereocenters. The van der Waals surface area contributed by atoms with Gasteiger partial charge in [-0.2, -0.15) is 0 Å². The number of hydrogen-bond donors (Lipinski definition) is 1. The van der Waals surface area contributed by atoms with Gasteiger partial charge in [-0.05, 0) is 23.6 Å². The molecule has 0 saturated heterocycles. The molecule has 0 fully saturated rings. The molecule has 0 saturated carbocycles. The summed E-state index contributed by atoms with van der Waals surface area (Å²) in [6.45, 7) is 8.31. The third-order valence-electron chi connectivity index (χ3n) is 3.38. The van der Waals surface area contributed by atoms with Crippen molar-refractivity contribution in [3.63, 3.8) is 0 Å². The molecule has 1 atom stereocenters. The second kappa shape index (κ2) is 7.94. The summed E-state index contributed by atoms with van der Waals surface area (Å²) in [6, 6.07) is 19.5. The van der Waals surface area contributed by atoms with Gasteiger partial charge in [0, 0.05) is 16.3 Å². The van der Waals surface area contributed by atoms with E-state index in [4.69, 9.17) is 0 Å². The maximum atomic E-state index is 3.80. The molecule has 0 aliphatic carbocycles. The number of benzene rings is 2. The van der Waals surface area contributed by atoms with Crippen LogP contribution in [-0.4, -0.2) is 5.75 Å². The van der Waals surface area contributed by atoms with Crippen molar-refractivity contribution in [1.29, 1.82) is 0 Å². The summed E-state index contributed by atoms with van der Waals surface area (Å²) in [5.74, 6) is 1.45. The quantitative estimate of drug-likeness (QED) is 0.514. The molecule has 0 spiro atoms. The molecule has 0 aliphatic rings. The van der Waals surface area contributed by atoms with E-state index in [2.05, 4.69) is 80.3 Å². The van der Waals surface area contributed by atoms with Gasteiger partial charge in [0.2, 0.25) is 0 Å². The maximum absolute atomic E-state index is 3.80. The van der Waals surface area contributed by atoms with Crippen molar-refractivity contribution >= 4 is 17.4 Å². The van der Waals surface area contributed by atoms with Crippen molar-refractivity contribution < 1.29 is 0 Å². The smallest absolute Gasteiger partial charge is 0.0537 e. The molecule has 2 rings (SSSR count). The highest BCUT2D eigenvalue weighted by atomic mass is 32.2. The van der Waals surface area contributed by atoms with Gasteiger partial charge in [0.1, 0.15) is 0 Å². The summed E-state index contributed by atoms with van der Waals surface area (Å²) >= 11 is 1.82. The van der Waals surface area contributed by atoms with E-state index in [1.54, 1.807) is 0 Å². The first-order valence-corrected chi connectivity index (χ1v) is 8.35. The van der Waals surface area contributed by atoms with Crippen LogP contribution < -0.4 is 5.32 Å². The maximum Gasteiger partial charge on any atom is 0.0537 e. The Kier molecular flexibility index (Phi) is 5.94. The molecule has 0 aliphatic heterocycles. The average Bonchev–Trinajstić information content (AvgIpc) is 2.52. The van der Waals surface area contributed by atoms with Crippen molar-refractivity contribution in [2.45, 2.75) is 24.8 Å². The van der Waals surface area contributed by atoms with Crippen molar-refractivity contribution in [1.82, 2.24) is 0 Å². The fraction of sp³-hybridized carbons (Fsp3) is 0.263. The normalized spacial score (nSPS) is 12.1. The van der Waals surface area contributed by atoms with E-state index in [1.165, 1.54) is 16.1 Å². The number of hydrogen-bond acceptors (Lipinski definition) is 2. The lowest BCUT2D eigenvalue weighted by Crippen LogP contribution is -2.17. The predicted octanol–water partition coefficient (Wildman–Crippen LogP) is 5.77. The summed E-state index contributed by atoms with van der Waals surface area (Å²) in [5, 5.41) is 3.72. The van der Waals surface area contributed by atoms with Crippen LogP contribution in [0.2, 0.25) is 0 Å². The van der Waals surface area contributed by atoms with Gasteiger partial charge in [0.15, 0.2) is 0 Å². The summed E-state index contributed by atoms with van der Waals surface area (Å²) in [4.78, 5) is 1.28. The third-order valence-corrected chi connectivity index (χ3v) is 4.45. The summed E-state index contributed by atoms with van der Waals surface area (Å²) in [7, 11) is 0. The monoisotopic (exact) mass is 297 g/mol. The van der Waals surface area contributed by atoms with Crippen molar-refractivity contribution in [3.8, 4) is 0 Å². The molecule has 0 aromatic heterocycles. The van der Waals surface area contributed by atoms with Gasteiger partial charge in [-0.3, -0.25) is 0 Å². The minimum Gasteiger partial charge on any atom is -0.377 e. The van der Waals surface area contributed by atoms with Gasteiger partial charge < -0.3 is 5.32 Å². The number of nitrogens with one attached hydrogen (secondary N) is 1. The molecule has 2 aromatic rings. The molecular formula is C19H23NS. The van der Waals surface area contributed by atoms with Crippen LogP contribution in [0.1, 0.15) is 25.5 Å². The highest BCUT2D eigenvalue weighted by molar-refractivity contribution is 7.99. The van der Waals surface area contributed by atoms with Crippen LogP contribution in [0.4, 0.5) is 5.69 Å². The van der Waals surface area contributed by atoms with E-state index in [0.717, 1.165) is 5.75 Å². The molecule has 1 nitrogen and oxygen atoms in total. The third kappa shape index (κ3) is 4.40. The Hall–Kier alpha value is -1.67. The first-order chi connectivity index (χ1) is 10.2. The molecule has 2 heteroatoms. The number of anilines is 1. The minimum absolute atomic E-state index is 0.316. The van der Waals surface area contributed by atoms with Crippen LogP contribution in [0.15, 0.2) is 72.1 Å². The molecule has 21 heavy (non-hydrogen) atoms. The fourth-order valence-corrected chi connectivity index (χ4v) is 3.08. The Morgan fingerprint density at radius 3 is 2.38 bits per heavy atom. The van der Waals surface area contributed by atoms with Crippen LogP contribution in [0, 0.1) is 5.92 Å². The lowest BCUT2D eigenvalue weighted by Gasteiger charge is -2.25. The standard InChI is InChI=1S/C19H23NS/c1-4-14-21-18-13-9-8-12-17(18)20-19(15(2)3)16-10-6-5-7-11-16/h4-13,15,19-20H,1,14H2,2-3H3. The zero-order valence-electron chi connectivity index (χ0n) is 12.8. The van der Waals surface area contributed by atoms with Gasteiger partial charge in [-0.25, -0.2) is 0 Å². The van der Waals surface area contributed by atoms with Crippen LogP contribution in [0.25, 0.3) is 0 Å². The topological polar surface area (TPSA) is 12.0 Å². The molecule has 0 heterocycles. The lowest BCUT2D eigenvalue weighted by atomic mass is 9.96. The second-order valence-corrected chi connectivity index (χ2v) is 6.43. The first-order valence-electron chi connectivity index (χ1n) is 7.36. The Balaban J connectivity index is 2.23. The Labute approximate surface area is 132 Å². The lowest BCUT2D eigenvalue weighted by molar-refractivity contribution is 0.545. The molecule has 110 valence electrons. The van der Waals surface area contributed by atoms with Crippen LogP contribution in [0.5, 0.6) is 0 Å². The molecule has 1 N–H and O–H groups in total. The second-order valence-electron chi connectivity index (χ2n) is 5.37. The zero-order chi connectivity index (χ0) is 15.1. The highest BCUT2D eigenvalue weighted by Gasteiger charge is 2.16. The Bertz CT molecular complexity index is 563. The average molecular weight is 297 g/mol. The zero-order valence-corrected chi connectivity index (χ0v) is 13.6. The highest BCUT2D eigenvalue weighted by Crippen LogP contribution is 2.32. The number of para-hydroxylation sites is 1. The molecule has 0 amide bonds. The minimum atomic E-state index is 0.316. The number of rotatable bonds is 7. The summed E-state index contributed by atoms with van der Waals surface area (Å²) in [6.07, 6.45) is 1.94. The molecular weight excluding hydrogens is 274 g/mol. The van der Waals surface area contributed by atoms with Gasteiger partial charge in [0.25, 0.3) is 0 Å². The Morgan fingerprint density at radius 2 is 1.71 bits per heavy atom. The SMILES string of the molecule is C=CCSc1ccccc1NC(c1ccccc1)C(C)C. The van der Waals surface area contributed by atoms with Gasteiger partial charge in [-0.1, -0.05) is 62.4 Å². The molecule has 2 aromatic carbocycles. The van der Waals surface area contributed by atoms with E-state index in [-0.39, 0.29) is 0 Å². The summed E-state index contributed by atoms with van der Waals surface area (Å²) < 4.78 is 0. The van der Waals surface area contributed by atoms with Crippen molar-refractivity contribution in [2.24, 2.45) is 5.92 Å². The first kappa shape index (κ1) is 15.7. The van der Waals surface area contributed by atoms with Crippen molar-refractivity contribution in [3.05, 3.63) is 72.8 Å². The van der Waals surface area contributed by atoms with Gasteiger partial charge >= 0.3 is 0 Å². The van der Waals surface area contributed by atoms with Gasteiger partial charge in [-0.15, -0.1) is 18.3 Å². The fourth-order valence-electron chi connectivity index (χ4n) is 2.32.